The van der Waals surface area contributed by atoms with Crippen molar-refractivity contribution in [1.29, 1.82) is 0 Å². The van der Waals surface area contributed by atoms with E-state index in [-0.39, 0.29) is 49.8 Å². The van der Waals surface area contributed by atoms with Crippen LogP contribution in [-0.2, 0) is 16.1 Å². The molecular formula is C28H33F2N3O7. The lowest BCUT2D eigenvalue weighted by Gasteiger charge is -2.44. The van der Waals surface area contributed by atoms with Gasteiger partial charge in [-0.25, -0.2) is 18.4 Å². The number of halogens is 2. The highest BCUT2D eigenvalue weighted by Crippen LogP contribution is 2.49. The van der Waals surface area contributed by atoms with Crippen molar-refractivity contribution in [3.63, 3.8) is 0 Å². The Bertz CT molecular complexity index is 1390. The number of rotatable bonds is 10. The third-order valence-corrected chi connectivity index (χ3v) is 7.94. The maximum atomic E-state index is 13.0. The van der Waals surface area contributed by atoms with Gasteiger partial charge in [-0.2, -0.15) is 0 Å². The molecular weight excluding hydrogens is 528 g/mol. The van der Waals surface area contributed by atoms with Crippen LogP contribution in [-0.4, -0.2) is 59.7 Å². The van der Waals surface area contributed by atoms with E-state index in [0.717, 1.165) is 29.5 Å². The molecule has 40 heavy (non-hydrogen) atoms. The molecule has 1 aromatic carbocycles. The Kier molecular flexibility index (Phi) is 7.24. The molecule has 2 aromatic rings. The molecule has 0 bridgehead atoms. The zero-order valence-electron chi connectivity index (χ0n) is 22.7. The number of amides is 1. The number of benzene rings is 1. The van der Waals surface area contributed by atoms with Crippen LogP contribution in [0.1, 0.15) is 73.5 Å². The summed E-state index contributed by atoms with van der Waals surface area (Å²) in [7, 11) is 1.56. The number of aromatic carboxylic acids is 1. The molecule has 5 rings (SSSR count). The SMILES string of the molecule is COCc1cc2c(cc1OCCCOC(=O)NC1(C(F)F)CC1)[C@H]1CCC(C)(C)N1n1cc(C(=O)O)c(=O)cc1-2. The van der Waals surface area contributed by atoms with Crippen LogP contribution in [0.5, 0.6) is 5.75 Å². The number of alkyl carbamates (subject to hydrolysis) is 1. The number of nitrogens with one attached hydrogen (secondary N) is 1. The number of carboxylic acid groups (broad SMARTS) is 1. The van der Waals surface area contributed by atoms with Gasteiger partial charge in [-0.3, -0.25) is 14.5 Å². The van der Waals surface area contributed by atoms with E-state index >= 15 is 0 Å². The molecule has 1 aromatic heterocycles. The largest absolute Gasteiger partial charge is 0.493 e. The summed E-state index contributed by atoms with van der Waals surface area (Å²) in [5.41, 5.74) is 0.488. The molecule has 3 aliphatic rings. The molecule has 12 heteroatoms. The zero-order valence-corrected chi connectivity index (χ0v) is 22.7. The van der Waals surface area contributed by atoms with E-state index in [1.807, 2.05) is 12.1 Å². The standard InChI is InChI=1S/C28H33F2N3O7/c1-27(2)6-5-20-18-12-23(39-9-4-10-40-26(37)31-28(7-8-28)25(29)30)16(15-38-3)11-17(18)21-13-22(34)19(24(35)36)14-32(21)33(20)27/h11-14,20,25H,4-10,15H2,1-3H3,(H,31,37)(H,35,36)/t20-/m1/s1. The molecule has 0 unspecified atom stereocenters. The van der Waals surface area contributed by atoms with Gasteiger partial charge in [-0.15, -0.1) is 0 Å². The predicted molar refractivity (Wildman–Crippen MR) is 141 cm³/mol. The number of fused-ring (bicyclic) bond motifs is 6. The van der Waals surface area contributed by atoms with Crippen LogP contribution in [0, 0.1) is 0 Å². The summed E-state index contributed by atoms with van der Waals surface area (Å²) in [6.07, 6.45) is 0.405. The zero-order chi connectivity index (χ0) is 28.8. The topological polar surface area (TPSA) is 119 Å². The summed E-state index contributed by atoms with van der Waals surface area (Å²) in [5.74, 6) is -0.687. The van der Waals surface area contributed by atoms with Crippen LogP contribution in [0.4, 0.5) is 13.6 Å². The second-order valence-corrected chi connectivity index (χ2v) is 11.2. The summed E-state index contributed by atoms with van der Waals surface area (Å²) in [6, 6.07) is 5.14. The number of carbonyl (C=O) groups is 2. The lowest BCUT2D eigenvalue weighted by Crippen LogP contribution is -2.50. The summed E-state index contributed by atoms with van der Waals surface area (Å²) in [4.78, 5) is 36.3. The molecule has 216 valence electrons. The maximum Gasteiger partial charge on any atom is 0.407 e. The summed E-state index contributed by atoms with van der Waals surface area (Å²) < 4.78 is 44.4. The molecule has 3 heterocycles. The molecule has 1 saturated heterocycles. The molecule has 1 aliphatic carbocycles. The van der Waals surface area contributed by atoms with E-state index in [0.29, 0.717) is 17.9 Å². The normalized spacial score (nSPS) is 19.4. The highest BCUT2D eigenvalue weighted by molar-refractivity contribution is 5.88. The van der Waals surface area contributed by atoms with E-state index < -0.39 is 29.5 Å². The summed E-state index contributed by atoms with van der Waals surface area (Å²) in [6.45, 7) is 4.61. The van der Waals surface area contributed by atoms with Crippen molar-refractivity contribution in [2.24, 2.45) is 0 Å². The van der Waals surface area contributed by atoms with Crippen molar-refractivity contribution in [2.45, 2.75) is 76.1 Å². The Balaban J connectivity index is 1.37. The number of nitrogens with zero attached hydrogens (tertiary/aromatic N) is 2. The highest BCUT2D eigenvalue weighted by atomic mass is 19.3. The second-order valence-electron chi connectivity index (χ2n) is 11.2. The van der Waals surface area contributed by atoms with Crippen LogP contribution < -0.4 is 20.5 Å². The minimum atomic E-state index is -2.63. The molecule has 1 atom stereocenters. The van der Waals surface area contributed by atoms with Gasteiger partial charge in [0.1, 0.15) is 16.9 Å². The first-order valence-electron chi connectivity index (χ1n) is 13.3. The van der Waals surface area contributed by atoms with Gasteiger partial charge in [0.05, 0.1) is 37.1 Å². The van der Waals surface area contributed by atoms with Crippen molar-refractivity contribution in [1.82, 2.24) is 9.99 Å². The third kappa shape index (κ3) is 5.00. The molecule has 2 aliphatic heterocycles. The van der Waals surface area contributed by atoms with Gasteiger partial charge in [0.15, 0.2) is 5.43 Å². The number of carboxylic acids is 1. The molecule has 0 spiro atoms. The van der Waals surface area contributed by atoms with Gasteiger partial charge < -0.3 is 24.6 Å². The minimum Gasteiger partial charge on any atom is -0.493 e. The molecule has 1 saturated carbocycles. The Hall–Kier alpha value is -3.67. The van der Waals surface area contributed by atoms with E-state index in [1.165, 1.54) is 12.3 Å². The fourth-order valence-corrected chi connectivity index (χ4v) is 5.66. The van der Waals surface area contributed by atoms with Crippen LogP contribution in [0.2, 0.25) is 0 Å². The fraction of sp³-hybridized carbons (Fsp3) is 0.536. The van der Waals surface area contributed by atoms with E-state index in [9.17, 15) is 28.3 Å². The molecule has 10 nitrogen and oxygen atoms in total. The van der Waals surface area contributed by atoms with Crippen molar-refractivity contribution < 1.29 is 37.7 Å². The number of carbonyl (C=O) groups excluding carboxylic acids is 1. The average molecular weight is 562 g/mol. The molecule has 0 radical (unpaired) electrons. The average Bonchev–Trinajstić information content (AvgIpc) is 3.60. The van der Waals surface area contributed by atoms with E-state index in [4.69, 9.17) is 14.2 Å². The molecule has 1 amide bonds. The number of alkyl halides is 2. The van der Waals surface area contributed by atoms with Crippen LogP contribution in [0.3, 0.4) is 0 Å². The Morgan fingerprint density at radius 2 is 1.93 bits per heavy atom. The third-order valence-electron chi connectivity index (χ3n) is 7.94. The quantitative estimate of drug-likeness (QED) is 0.414. The number of ether oxygens (including phenoxy) is 3. The Morgan fingerprint density at radius 1 is 1.18 bits per heavy atom. The number of methoxy groups -OCH3 is 1. The van der Waals surface area contributed by atoms with E-state index in [2.05, 4.69) is 24.2 Å². The number of hydrogen-bond donors (Lipinski definition) is 2. The second kappa shape index (κ2) is 10.4. The lowest BCUT2D eigenvalue weighted by atomic mass is 9.92. The highest BCUT2D eigenvalue weighted by Gasteiger charge is 2.52. The predicted octanol–water partition coefficient (Wildman–Crippen LogP) is 4.22. The van der Waals surface area contributed by atoms with Crippen LogP contribution in [0.15, 0.2) is 29.2 Å². The molecule has 2 N–H and O–H groups in total. The minimum absolute atomic E-state index is 0.00248. The van der Waals surface area contributed by atoms with Gasteiger partial charge in [0, 0.05) is 36.9 Å². The smallest absolute Gasteiger partial charge is 0.407 e. The molecule has 2 fully saturated rings. The first-order chi connectivity index (χ1) is 19.0. The van der Waals surface area contributed by atoms with Crippen molar-refractivity contribution >= 4 is 12.1 Å². The van der Waals surface area contributed by atoms with E-state index in [1.54, 1.807) is 11.8 Å². The van der Waals surface area contributed by atoms with Crippen LogP contribution >= 0.6 is 0 Å². The van der Waals surface area contributed by atoms with Crippen molar-refractivity contribution in [3.05, 3.63) is 51.3 Å². The summed E-state index contributed by atoms with van der Waals surface area (Å²) in [5, 5.41) is 14.0. The maximum absolute atomic E-state index is 13.0. The number of aromatic nitrogens is 1. The number of hydrogen-bond acceptors (Lipinski definition) is 7. The first kappa shape index (κ1) is 27.9. The number of pyridine rings is 1. The lowest BCUT2D eigenvalue weighted by molar-refractivity contribution is 0.0694. The van der Waals surface area contributed by atoms with Crippen LogP contribution in [0.25, 0.3) is 11.3 Å². The Labute approximate surface area is 229 Å². The Morgan fingerprint density at radius 3 is 2.58 bits per heavy atom. The van der Waals surface area contributed by atoms with Gasteiger partial charge in [0.25, 0.3) is 6.43 Å². The van der Waals surface area contributed by atoms with Gasteiger partial charge in [0.2, 0.25) is 0 Å². The summed E-state index contributed by atoms with van der Waals surface area (Å²) >= 11 is 0. The van der Waals surface area contributed by atoms with Gasteiger partial charge >= 0.3 is 12.1 Å². The van der Waals surface area contributed by atoms with Crippen molar-refractivity contribution in [2.75, 3.05) is 25.3 Å². The van der Waals surface area contributed by atoms with Gasteiger partial charge in [-0.05, 0) is 57.2 Å². The monoisotopic (exact) mass is 561 g/mol. The van der Waals surface area contributed by atoms with Gasteiger partial charge in [-0.1, -0.05) is 0 Å². The van der Waals surface area contributed by atoms with Crippen molar-refractivity contribution in [3.8, 4) is 17.0 Å². The fourth-order valence-electron chi connectivity index (χ4n) is 5.66. The first-order valence-corrected chi connectivity index (χ1v) is 13.3.